The molecule has 3 heteroatoms. The van der Waals surface area contributed by atoms with E-state index in [-0.39, 0.29) is 0 Å². The van der Waals surface area contributed by atoms with Crippen LogP contribution in [0.5, 0.6) is 0 Å². The minimum absolute atomic E-state index is 0.307. The van der Waals surface area contributed by atoms with Crippen LogP contribution in [0.2, 0.25) is 0 Å². The summed E-state index contributed by atoms with van der Waals surface area (Å²) < 4.78 is 0. The molecule has 1 aliphatic rings. The van der Waals surface area contributed by atoms with Crippen molar-refractivity contribution in [2.24, 2.45) is 5.92 Å². The van der Waals surface area contributed by atoms with E-state index in [4.69, 9.17) is 0 Å². The van der Waals surface area contributed by atoms with Gasteiger partial charge in [0.05, 0.1) is 4.88 Å². The van der Waals surface area contributed by atoms with Gasteiger partial charge >= 0.3 is 0 Å². The molecular weight excluding hydrogens is 254 g/mol. The van der Waals surface area contributed by atoms with E-state index >= 15 is 0 Å². The molecule has 0 N–H and O–H groups in total. The van der Waals surface area contributed by atoms with Gasteiger partial charge in [-0.1, -0.05) is 25.3 Å². The first-order chi connectivity index (χ1) is 9.25. The molecule has 1 fully saturated rings. The first-order valence-electron chi connectivity index (χ1n) is 7.51. The summed E-state index contributed by atoms with van der Waals surface area (Å²) in [6.45, 7) is 2.26. The molecule has 0 atom stereocenters. The van der Waals surface area contributed by atoms with Gasteiger partial charge in [-0.05, 0) is 50.2 Å². The lowest BCUT2D eigenvalue weighted by Crippen LogP contribution is -2.28. The van der Waals surface area contributed by atoms with Gasteiger partial charge in [0.2, 0.25) is 0 Å². The third-order valence-electron chi connectivity index (χ3n) is 4.03. The third kappa shape index (κ3) is 5.07. The van der Waals surface area contributed by atoms with Gasteiger partial charge in [0.25, 0.3) is 0 Å². The largest absolute Gasteiger partial charge is 0.306 e. The van der Waals surface area contributed by atoms with Crippen molar-refractivity contribution >= 4 is 17.1 Å². The zero-order chi connectivity index (χ0) is 13.5. The highest BCUT2D eigenvalue weighted by Gasteiger charge is 2.15. The maximum absolute atomic E-state index is 11.9. The zero-order valence-corrected chi connectivity index (χ0v) is 12.8. The maximum atomic E-state index is 11.9. The summed E-state index contributed by atoms with van der Waals surface area (Å²) in [5, 5.41) is 1.97. The Morgan fingerprint density at radius 2 is 2.16 bits per heavy atom. The van der Waals surface area contributed by atoms with Gasteiger partial charge in [0.1, 0.15) is 0 Å². The van der Waals surface area contributed by atoms with Gasteiger partial charge in [-0.2, -0.15) is 0 Å². The Bertz CT molecular complexity index is 368. The first-order valence-corrected chi connectivity index (χ1v) is 8.39. The molecule has 0 bridgehead atoms. The Morgan fingerprint density at radius 3 is 2.84 bits per heavy atom. The summed E-state index contributed by atoms with van der Waals surface area (Å²) in [5.41, 5.74) is 0. The standard InChI is InChI=1S/C16H25NOS/c1-17(13-14-7-3-2-4-8-14)11-5-9-15(18)16-10-6-12-19-16/h6,10,12,14H,2-5,7-9,11,13H2,1H3. The summed E-state index contributed by atoms with van der Waals surface area (Å²) in [4.78, 5) is 15.2. The average molecular weight is 279 g/mol. The molecule has 0 radical (unpaired) electrons. The molecule has 19 heavy (non-hydrogen) atoms. The van der Waals surface area contributed by atoms with Crippen molar-refractivity contribution in [3.63, 3.8) is 0 Å². The first kappa shape index (κ1) is 14.7. The highest BCUT2D eigenvalue weighted by Crippen LogP contribution is 2.24. The van der Waals surface area contributed by atoms with Crippen LogP contribution in [-0.2, 0) is 0 Å². The van der Waals surface area contributed by atoms with E-state index in [0.29, 0.717) is 12.2 Å². The number of carbonyl (C=O) groups excluding carboxylic acids is 1. The Morgan fingerprint density at radius 1 is 1.37 bits per heavy atom. The Kier molecular flexibility index (Phi) is 6.05. The van der Waals surface area contributed by atoms with Crippen LogP contribution in [0.1, 0.15) is 54.6 Å². The highest BCUT2D eigenvalue weighted by atomic mass is 32.1. The summed E-state index contributed by atoms with van der Waals surface area (Å²) in [7, 11) is 2.20. The topological polar surface area (TPSA) is 20.3 Å². The van der Waals surface area contributed by atoms with Crippen LogP contribution < -0.4 is 0 Å². The maximum Gasteiger partial charge on any atom is 0.172 e. The van der Waals surface area contributed by atoms with Crippen LogP contribution in [0.25, 0.3) is 0 Å². The monoisotopic (exact) mass is 279 g/mol. The minimum atomic E-state index is 0.307. The molecule has 1 aromatic rings. The van der Waals surface area contributed by atoms with Gasteiger partial charge < -0.3 is 4.90 Å². The van der Waals surface area contributed by atoms with Crippen LogP contribution in [0.4, 0.5) is 0 Å². The van der Waals surface area contributed by atoms with Crippen molar-refractivity contribution < 1.29 is 4.79 Å². The number of nitrogens with zero attached hydrogens (tertiary/aromatic N) is 1. The van der Waals surface area contributed by atoms with Gasteiger partial charge in [-0.15, -0.1) is 11.3 Å². The molecule has 106 valence electrons. The Labute approximate surface area is 120 Å². The molecular formula is C16H25NOS. The zero-order valence-electron chi connectivity index (χ0n) is 11.9. The fraction of sp³-hybridized carbons (Fsp3) is 0.688. The van der Waals surface area contributed by atoms with E-state index < -0.39 is 0 Å². The molecule has 0 unspecified atom stereocenters. The van der Waals surface area contributed by atoms with Gasteiger partial charge in [0.15, 0.2) is 5.78 Å². The quantitative estimate of drug-likeness (QED) is 0.696. The molecule has 2 nitrogen and oxygen atoms in total. The average Bonchev–Trinajstić information content (AvgIpc) is 2.93. The molecule has 0 saturated heterocycles. The summed E-state index contributed by atoms with van der Waals surface area (Å²) in [5.74, 6) is 1.20. The van der Waals surface area contributed by atoms with Crippen molar-refractivity contribution in [3.8, 4) is 0 Å². The molecule has 1 heterocycles. The number of hydrogen-bond donors (Lipinski definition) is 0. The van der Waals surface area contributed by atoms with E-state index in [1.54, 1.807) is 11.3 Å². The van der Waals surface area contributed by atoms with Gasteiger partial charge in [0, 0.05) is 13.0 Å². The van der Waals surface area contributed by atoms with Crippen molar-refractivity contribution in [2.45, 2.75) is 44.9 Å². The van der Waals surface area contributed by atoms with Crippen LogP contribution in [-0.4, -0.2) is 30.8 Å². The Balaban J connectivity index is 1.60. The highest BCUT2D eigenvalue weighted by molar-refractivity contribution is 7.12. The summed E-state index contributed by atoms with van der Waals surface area (Å²) in [6, 6.07) is 3.88. The smallest absolute Gasteiger partial charge is 0.172 e. The third-order valence-corrected chi connectivity index (χ3v) is 4.95. The number of thiophene rings is 1. The van der Waals surface area contributed by atoms with Crippen LogP contribution in [0.15, 0.2) is 17.5 Å². The van der Waals surface area contributed by atoms with Crippen LogP contribution in [0, 0.1) is 5.92 Å². The van der Waals surface area contributed by atoms with E-state index in [1.807, 2.05) is 17.5 Å². The Hall–Kier alpha value is -0.670. The van der Waals surface area contributed by atoms with E-state index in [0.717, 1.165) is 23.8 Å². The molecule has 1 saturated carbocycles. The number of ketones is 1. The number of hydrogen-bond acceptors (Lipinski definition) is 3. The predicted octanol–water partition coefficient (Wildman–Crippen LogP) is 4.22. The summed E-state index contributed by atoms with van der Waals surface area (Å²) in [6.07, 6.45) is 8.73. The fourth-order valence-electron chi connectivity index (χ4n) is 2.97. The summed E-state index contributed by atoms with van der Waals surface area (Å²) >= 11 is 1.56. The lowest BCUT2D eigenvalue weighted by Gasteiger charge is -2.26. The second-order valence-corrected chi connectivity index (χ2v) is 6.72. The molecule has 0 aliphatic heterocycles. The van der Waals surface area contributed by atoms with E-state index in [2.05, 4.69) is 11.9 Å². The molecule has 2 rings (SSSR count). The van der Waals surface area contributed by atoms with Crippen molar-refractivity contribution in [3.05, 3.63) is 22.4 Å². The second-order valence-electron chi connectivity index (χ2n) is 5.77. The van der Waals surface area contributed by atoms with Crippen molar-refractivity contribution in [1.29, 1.82) is 0 Å². The van der Waals surface area contributed by atoms with E-state index in [9.17, 15) is 4.79 Å². The second kappa shape index (κ2) is 7.81. The van der Waals surface area contributed by atoms with Crippen molar-refractivity contribution in [2.75, 3.05) is 20.1 Å². The van der Waals surface area contributed by atoms with Crippen molar-refractivity contribution in [1.82, 2.24) is 4.90 Å². The number of Topliss-reactive ketones (excluding diaryl/α,β-unsaturated/α-hetero) is 1. The lowest BCUT2D eigenvalue weighted by atomic mass is 9.89. The number of carbonyl (C=O) groups is 1. The van der Waals surface area contributed by atoms with Gasteiger partial charge in [-0.25, -0.2) is 0 Å². The number of rotatable bonds is 7. The minimum Gasteiger partial charge on any atom is -0.306 e. The lowest BCUT2D eigenvalue weighted by molar-refractivity contribution is 0.0979. The predicted molar refractivity (Wildman–Crippen MR) is 82.0 cm³/mol. The van der Waals surface area contributed by atoms with E-state index in [1.165, 1.54) is 38.6 Å². The molecule has 0 spiro atoms. The molecule has 0 aromatic carbocycles. The fourth-order valence-corrected chi connectivity index (χ4v) is 3.67. The molecule has 1 aromatic heterocycles. The molecule has 0 amide bonds. The molecule has 1 aliphatic carbocycles. The van der Waals surface area contributed by atoms with Crippen LogP contribution >= 0.6 is 11.3 Å². The van der Waals surface area contributed by atoms with Crippen LogP contribution in [0.3, 0.4) is 0 Å². The SMILES string of the molecule is CN(CCCC(=O)c1cccs1)CC1CCCCC1. The van der Waals surface area contributed by atoms with Gasteiger partial charge in [-0.3, -0.25) is 4.79 Å². The normalized spacial score (nSPS) is 16.9.